The summed E-state index contributed by atoms with van der Waals surface area (Å²) < 4.78 is 19.8. The molecular formula is C18H14FIN2O3. The summed E-state index contributed by atoms with van der Waals surface area (Å²) in [5.74, 6) is -0.213. The molecule has 2 aromatic rings. The molecule has 1 N–H and O–H groups in total. The Balaban J connectivity index is 1.83. The quantitative estimate of drug-likeness (QED) is 0.439. The first kappa shape index (κ1) is 17.4. The molecule has 1 fully saturated rings. The van der Waals surface area contributed by atoms with Crippen molar-refractivity contribution in [2.45, 2.75) is 6.54 Å². The largest absolute Gasteiger partial charge is 0.496 e. The number of methoxy groups -OCH3 is 1. The summed E-state index contributed by atoms with van der Waals surface area (Å²) in [5.41, 5.74) is 1.19. The molecule has 1 heterocycles. The number of halogens is 2. The first-order valence-electron chi connectivity index (χ1n) is 7.41. The maximum Gasteiger partial charge on any atom is 0.329 e. The van der Waals surface area contributed by atoms with E-state index in [1.54, 1.807) is 43.5 Å². The number of hydrogen-bond donors (Lipinski definition) is 1. The molecule has 128 valence electrons. The molecule has 1 saturated heterocycles. The Labute approximate surface area is 157 Å². The van der Waals surface area contributed by atoms with Gasteiger partial charge in [-0.25, -0.2) is 9.18 Å². The van der Waals surface area contributed by atoms with Crippen LogP contribution in [0.3, 0.4) is 0 Å². The smallest absolute Gasteiger partial charge is 0.329 e. The van der Waals surface area contributed by atoms with Crippen LogP contribution in [0.15, 0.2) is 48.2 Å². The number of benzene rings is 2. The third-order valence-electron chi connectivity index (χ3n) is 3.74. The Morgan fingerprint density at radius 3 is 2.68 bits per heavy atom. The van der Waals surface area contributed by atoms with Gasteiger partial charge in [0.1, 0.15) is 17.3 Å². The maximum atomic E-state index is 13.8. The van der Waals surface area contributed by atoms with Crippen molar-refractivity contribution in [1.82, 2.24) is 10.2 Å². The van der Waals surface area contributed by atoms with E-state index in [0.717, 1.165) is 19.8 Å². The first-order valence-corrected chi connectivity index (χ1v) is 8.49. The lowest BCUT2D eigenvalue weighted by Crippen LogP contribution is -2.30. The van der Waals surface area contributed by atoms with Crippen LogP contribution in [0.4, 0.5) is 9.18 Å². The number of imide groups is 1. The highest BCUT2D eigenvalue weighted by atomic mass is 127. The van der Waals surface area contributed by atoms with Gasteiger partial charge in [0, 0.05) is 5.56 Å². The minimum absolute atomic E-state index is 0.116. The van der Waals surface area contributed by atoms with Crippen molar-refractivity contribution in [1.29, 1.82) is 0 Å². The number of rotatable bonds is 4. The molecule has 0 unspecified atom stereocenters. The standard InChI is InChI=1S/C18H14FIN2O3/c1-25-16-7-6-11(8-14(16)20)9-15-17(23)22(18(24)21-15)10-12-4-2-3-5-13(12)19/h2-9H,10H2,1H3,(H,21,24). The van der Waals surface area contributed by atoms with E-state index >= 15 is 0 Å². The highest BCUT2D eigenvalue weighted by Crippen LogP contribution is 2.24. The van der Waals surface area contributed by atoms with E-state index in [4.69, 9.17) is 4.74 Å². The van der Waals surface area contributed by atoms with Gasteiger partial charge in [-0.15, -0.1) is 0 Å². The van der Waals surface area contributed by atoms with E-state index in [1.165, 1.54) is 6.07 Å². The van der Waals surface area contributed by atoms with Crippen LogP contribution in [0, 0.1) is 9.39 Å². The second-order valence-corrected chi connectivity index (χ2v) is 6.53. The van der Waals surface area contributed by atoms with Crippen molar-refractivity contribution >= 4 is 40.6 Å². The summed E-state index contributed by atoms with van der Waals surface area (Å²) in [5, 5.41) is 2.53. The zero-order chi connectivity index (χ0) is 18.0. The molecule has 5 nitrogen and oxygen atoms in total. The van der Waals surface area contributed by atoms with Crippen LogP contribution in [0.1, 0.15) is 11.1 Å². The van der Waals surface area contributed by atoms with Crippen LogP contribution in [-0.2, 0) is 11.3 Å². The molecule has 1 aliphatic heterocycles. The summed E-state index contributed by atoms with van der Waals surface area (Å²) in [7, 11) is 1.58. The molecule has 3 amide bonds. The third-order valence-corrected chi connectivity index (χ3v) is 4.58. The Bertz CT molecular complexity index is 882. The topological polar surface area (TPSA) is 58.6 Å². The predicted octanol–water partition coefficient (Wildman–Crippen LogP) is 3.53. The minimum Gasteiger partial charge on any atom is -0.496 e. The Morgan fingerprint density at radius 1 is 1.24 bits per heavy atom. The van der Waals surface area contributed by atoms with E-state index in [9.17, 15) is 14.0 Å². The Kier molecular flexibility index (Phi) is 5.03. The fraction of sp³-hybridized carbons (Fsp3) is 0.111. The van der Waals surface area contributed by atoms with Gasteiger partial charge in [0.05, 0.1) is 17.2 Å². The van der Waals surface area contributed by atoms with Gasteiger partial charge in [-0.2, -0.15) is 0 Å². The number of nitrogens with zero attached hydrogens (tertiary/aromatic N) is 1. The average Bonchev–Trinajstić information content (AvgIpc) is 2.84. The van der Waals surface area contributed by atoms with Crippen LogP contribution < -0.4 is 10.1 Å². The van der Waals surface area contributed by atoms with E-state index < -0.39 is 17.8 Å². The van der Waals surface area contributed by atoms with Crippen molar-refractivity contribution in [3.8, 4) is 5.75 Å². The van der Waals surface area contributed by atoms with Crippen LogP contribution >= 0.6 is 22.6 Å². The molecule has 0 aromatic heterocycles. The van der Waals surface area contributed by atoms with E-state index in [1.807, 2.05) is 6.07 Å². The van der Waals surface area contributed by atoms with E-state index in [0.29, 0.717) is 0 Å². The molecule has 7 heteroatoms. The molecule has 25 heavy (non-hydrogen) atoms. The van der Waals surface area contributed by atoms with Gasteiger partial charge in [-0.1, -0.05) is 24.3 Å². The van der Waals surface area contributed by atoms with Crippen LogP contribution in [0.25, 0.3) is 6.08 Å². The lowest BCUT2D eigenvalue weighted by atomic mass is 10.1. The van der Waals surface area contributed by atoms with Crippen molar-refractivity contribution in [3.05, 3.63) is 68.7 Å². The normalized spacial score (nSPS) is 15.6. The highest BCUT2D eigenvalue weighted by Gasteiger charge is 2.33. The summed E-state index contributed by atoms with van der Waals surface area (Å²) in [6, 6.07) is 10.9. The molecule has 0 radical (unpaired) electrons. The monoisotopic (exact) mass is 452 g/mol. The fourth-order valence-corrected chi connectivity index (χ4v) is 3.21. The van der Waals surface area contributed by atoms with Gasteiger partial charge in [-0.05, 0) is 52.4 Å². The van der Waals surface area contributed by atoms with Gasteiger partial charge in [-0.3, -0.25) is 9.69 Å². The van der Waals surface area contributed by atoms with Crippen LogP contribution in [0.5, 0.6) is 5.75 Å². The number of hydrogen-bond acceptors (Lipinski definition) is 3. The Morgan fingerprint density at radius 2 is 2.00 bits per heavy atom. The third kappa shape index (κ3) is 3.65. The van der Waals surface area contributed by atoms with Gasteiger partial charge >= 0.3 is 6.03 Å². The number of ether oxygens (including phenoxy) is 1. The van der Waals surface area contributed by atoms with Gasteiger partial charge < -0.3 is 10.1 Å². The molecule has 3 rings (SSSR count). The average molecular weight is 452 g/mol. The number of urea groups is 1. The van der Waals surface area contributed by atoms with Crippen molar-refractivity contribution < 1.29 is 18.7 Å². The molecule has 2 aromatic carbocycles. The van der Waals surface area contributed by atoms with Gasteiger partial charge in [0.2, 0.25) is 0 Å². The highest BCUT2D eigenvalue weighted by molar-refractivity contribution is 14.1. The minimum atomic E-state index is -0.567. The molecule has 0 atom stereocenters. The lowest BCUT2D eigenvalue weighted by molar-refractivity contribution is -0.123. The predicted molar refractivity (Wildman–Crippen MR) is 99.2 cm³/mol. The van der Waals surface area contributed by atoms with Gasteiger partial charge in [0.25, 0.3) is 5.91 Å². The lowest BCUT2D eigenvalue weighted by Gasteiger charge is -2.12. The Hall–Kier alpha value is -2.42. The summed E-state index contributed by atoms with van der Waals surface area (Å²) in [4.78, 5) is 25.5. The molecule has 0 aliphatic carbocycles. The SMILES string of the molecule is COc1ccc(C=C2NC(=O)N(Cc3ccccc3F)C2=O)cc1I. The number of nitrogens with one attached hydrogen (secondary N) is 1. The number of carbonyl (C=O) groups is 2. The van der Waals surface area contributed by atoms with Crippen LogP contribution in [-0.4, -0.2) is 23.9 Å². The van der Waals surface area contributed by atoms with Crippen LogP contribution in [0.2, 0.25) is 0 Å². The number of amides is 3. The van der Waals surface area contributed by atoms with Crippen molar-refractivity contribution in [3.63, 3.8) is 0 Å². The molecule has 0 saturated carbocycles. The zero-order valence-corrected chi connectivity index (χ0v) is 15.4. The maximum absolute atomic E-state index is 13.8. The number of carbonyl (C=O) groups excluding carboxylic acids is 2. The van der Waals surface area contributed by atoms with E-state index in [2.05, 4.69) is 27.9 Å². The fourth-order valence-electron chi connectivity index (χ4n) is 2.45. The summed E-state index contributed by atoms with van der Waals surface area (Å²) in [6.07, 6.45) is 1.59. The summed E-state index contributed by atoms with van der Waals surface area (Å²) in [6.45, 7) is -0.116. The molecule has 0 spiro atoms. The second-order valence-electron chi connectivity index (χ2n) is 5.36. The van der Waals surface area contributed by atoms with Crippen molar-refractivity contribution in [2.24, 2.45) is 0 Å². The van der Waals surface area contributed by atoms with Gasteiger partial charge in [0.15, 0.2) is 0 Å². The second kappa shape index (κ2) is 7.22. The molecule has 1 aliphatic rings. The summed E-state index contributed by atoms with van der Waals surface area (Å²) >= 11 is 2.13. The molecular weight excluding hydrogens is 438 g/mol. The van der Waals surface area contributed by atoms with E-state index in [-0.39, 0.29) is 17.8 Å². The zero-order valence-electron chi connectivity index (χ0n) is 13.3. The first-order chi connectivity index (χ1) is 12.0. The van der Waals surface area contributed by atoms with Crippen molar-refractivity contribution in [2.75, 3.05) is 7.11 Å². The molecule has 0 bridgehead atoms.